The van der Waals surface area contributed by atoms with Crippen molar-refractivity contribution in [1.82, 2.24) is 0 Å². The van der Waals surface area contributed by atoms with E-state index in [1.54, 1.807) is 0 Å². The number of phosphoric acid groups is 2. The van der Waals surface area contributed by atoms with Crippen LogP contribution in [0.1, 0.15) is 316 Å². The topological polar surface area (TPSA) is 231 Å². The van der Waals surface area contributed by atoms with Gasteiger partial charge in [0.1, 0.15) is 25.4 Å². The zero-order chi connectivity index (χ0) is 80.8. The fourth-order valence-corrected chi connectivity index (χ4v) is 12.5. The molecule has 0 aromatic carbocycles. The molecule has 0 fully saturated rings. The number of aliphatic hydroxyl groups is 2. The van der Waals surface area contributed by atoms with Gasteiger partial charge in [0.25, 0.3) is 0 Å². The molecule has 0 aromatic rings. The number of hydrogen-bond donors (Lipinski definition) is 4. The Kier molecular flexibility index (Phi) is 79.6. The first-order valence-electron chi connectivity index (χ1n) is 42.7. The van der Waals surface area contributed by atoms with Crippen molar-refractivity contribution >= 4 is 33.6 Å². The van der Waals surface area contributed by atoms with Crippen molar-refractivity contribution in [3.05, 3.63) is 194 Å². The number of hydrogen-bond acceptors (Lipinski definition) is 14. The number of phosphoric ester groups is 2. The summed E-state index contributed by atoms with van der Waals surface area (Å²) in [5, 5.41) is 20.7. The van der Waals surface area contributed by atoms with Crippen LogP contribution in [0.5, 0.6) is 0 Å². The molecule has 0 aliphatic heterocycles. The van der Waals surface area contributed by atoms with Crippen LogP contribution >= 0.6 is 15.6 Å². The van der Waals surface area contributed by atoms with Crippen molar-refractivity contribution in [3.63, 3.8) is 0 Å². The molecule has 0 radical (unpaired) electrons. The largest absolute Gasteiger partial charge is 0.472 e. The van der Waals surface area contributed by atoms with E-state index >= 15 is 0 Å². The number of aliphatic hydroxyl groups excluding tert-OH is 2. The van der Waals surface area contributed by atoms with Crippen molar-refractivity contribution < 1.29 is 75.8 Å². The van der Waals surface area contributed by atoms with Crippen LogP contribution in [0, 0.1) is 0 Å². The lowest BCUT2D eigenvalue weighted by Crippen LogP contribution is -2.30. The molecule has 0 aliphatic rings. The Morgan fingerprint density at radius 1 is 0.252 bits per heavy atom. The van der Waals surface area contributed by atoms with Gasteiger partial charge in [0, 0.05) is 19.3 Å². The summed E-state index contributed by atoms with van der Waals surface area (Å²) in [6.45, 7) is 2.31. The lowest BCUT2D eigenvalue weighted by Gasteiger charge is -2.21. The summed E-state index contributed by atoms with van der Waals surface area (Å²) in [4.78, 5) is 58.9. The standard InChI is InChI=1S/C93H152O16P2/c1-4-7-10-13-16-19-22-25-28-31-34-37-40-41-42-43-44-45-48-50-52-55-58-61-64-67-70-73-76-79-91(96)103-82-88(94)83-105-110(99,100)106-84-89(95)85-107-111(101,102)108-87-90(109-93(98)81-78-75-72-69-66-63-60-57-54-51-47-39-36-33-30-27-24-21-18-15-12-9-6-3)86-104-92(97)80-77-74-71-68-65-62-59-56-53-49-46-38-35-32-29-26-23-20-17-14-11-8-5-2/h7-12,16-21,25-30,34-39,41-42,44-45,49,51,53-54,88-90,94-95H,4-6,13-15,22-24,31-33,40,43,46-48,50,52,55-87H2,1-3H3,(H,99,100)(H,101,102)/b10-7-,11-8-,12-9-,19-16-,20-17-,21-18-,28-25-,29-26-,30-27-,37-34-,38-35-,39-36-,42-41-,45-44-,53-49-,54-51-. The third-order valence-corrected chi connectivity index (χ3v) is 19.2. The summed E-state index contributed by atoms with van der Waals surface area (Å²) in [5.41, 5.74) is 0. The Morgan fingerprint density at radius 2 is 0.450 bits per heavy atom. The summed E-state index contributed by atoms with van der Waals surface area (Å²) >= 11 is 0. The molecule has 0 saturated heterocycles. The third-order valence-electron chi connectivity index (χ3n) is 17.3. The summed E-state index contributed by atoms with van der Waals surface area (Å²) in [5.74, 6) is -1.61. The van der Waals surface area contributed by atoms with Gasteiger partial charge in [0.15, 0.2) is 6.10 Å². The second-order valence-corrected chi connectivity index (χ2v) is 30.7. The quantitative estimate of drug-likeness (QED) is 0.0146. The predicted molar refractivity (Wildman–Crippen MR) is 463 cm³/mol. The van der Waals surface area contributed by atoms with E-state index in [-0.39, 0.29) is 19.3 Å². The Hall–Kier alpha value is -5.61. The fourth-order valence-electron chi connectivity index (χ4n) is 10.9. The van der Waals surface area contributed by atoms with Crippen LogP contribution in [-0.2, 0) is 55.8 Å². The van der Waals surface area contributed by atoms with Crippen molar-refractivity contribution in [2.24, 2.45) is 0 Å². The maximum Gasteiger partial charge on any atom is 0.472 e. The van der Waals surface area contributed by atoms with Crippen LogP contribution < -0.4 is 0 Å². The van der Waals surface area contributed by atoms with Crippen LogP contribution in [0.25, 0.3) is 0 Å². The minimum absolute atomic E-state index is 0.0814. The highest BCUT2D eigenvalue weighted by Crippen LogP contribution is 2.45. The van der Waals surface area contributed by atoms with Gasteiger partial charge in [0.2, 0.25) is 0 Å². The monoisotopic (exact) mass is 1590 g/mol. The molecule has 5 atom stereocenters. The second kappa shape index (κ2) is 83.8. The van der Waals surface area contributed by atoms with Gasteiger partial charge in [-0.15, -0.1) is 0 Å². The molecule has 18 heteroatoms. The normalized spacial score (nSPS) is 14.8. The molecule has 0 bridgehead atoms. The molecule has 0 heterocycles. The molecule has 0 aromatic heterocycles. The van der Waals surface area contributed by atoms with Crippen LogP contribution in [0.3, 0.4) is 0 Å². The van der Waals surface area contributed by atoms with Gasteiger partial charge in [0.05, 0.1) is 26.4 Å². The van der Waals surface area contributed by atoms with Crippen LogP contribution in [0.15, 0.2) is 194 Å². The van der Waals surface area contributed by atoms with Gasteiger partial charge in [-0.1, -0.05) is 331 Å². The van der Waals surface area contributed by atoms with Gasteiger partial charge in [-0.25, -0.2) is 9.13 Å². The Balaban J connectivity index is 4.68. The van der Waals surface area contributed by atoms with Crippen molar-refractivity contribution in [2.75, 3.05) is 39.6 Å². The van der Waals surface area contributed by atoms with E-state index in [2.05, 4.69) is 215 Å². The number of ether oxygens (including phenoxy) is 3. The molecule has 0 rings (SSSR count). The maximum absolute atomic E-state index is 13.0. The van der Waals surface area contributed by atoms with E-state index in [0.29, 0.717) is 19.3 Å². The molecule has 5 unspecified atom stereocenters. The van der Waals surface area contributed by atoms with Crippen LogP contribution in [0.2, 0.25) is 0 Å². The Bertz CT molecular complexity index is 2800. The van der Waals surface area contributed by atoms with Crippen LogP contribution in [0.4, 0.5) is 0 Å². The fraction of sp³-hybridized carbons (Fsp3) is 0.624. The summed E-state index contributed by atoms with van der Waals surface area (Å²) < 4.78 is 61.4. The zero-order valence-electron chi connectivity index (χ0n) is 69.1. The van der Waals surface area contributed by atoms with E-state index in [9.17, 15) is 43.5 Å². The Morgan fingerprint density at radius 3 is 0.712 bits per heavy atom. The van der Waals surface area contributed by atoms with Crippen molar-refractivity contribution in [3.8, 4) is 0 Å². The van der Waals surface area contributed by atoms with Gasteiger partial charge in [-0.3, -0.25) is 32.5 Å². The highest BCUT2D eigenvalue weighted by atomic mass is 31.2. The number of carbonyl (C=O) groups excluding carboxylic acids is 3. The second-order valence-electron chi connectivity index (χ2n) is 27.8. The molecule has 0 spiro atoms. The average Bonchev–Trinajstić information content (AvgIpc) is 0.900. The van der Waals surface area contributed by atoms with E-state index in [1.165, 1.54) is 32.1 Å². The highest BCUT2D eigenvalue weighted by molar-refractivity contribution is 7.47. The predicted octanol–water partition coefficient (Wildman–Crippen LogP) is 25.9. The lowest BCUT2D eigenvalue weighted by atomic mass is 10.1. The van der Waals surface area contributed by atoms with E-state index in [0.717, 1.165) is 225 Å². The first-order valence-corrected chi connectivity index (χ1v) is 45.7. The van der Waals surface area contributed by atoms with Gasteiger partial charge >= 0.3 is 33.6 Å². The van der Waals surface area contributed by atoms with Gasteiger partial charge in [-0.2, -0.15) is 0 Å². The molecule has 0 saturated carbocycles. The smallest absolute Gasteiger partial charge is 0.463 e. The first-order chi connectivity index (χ1) is 54.2. The SMILES string of the molecule is CC/C=C\C/C=C\C/C=C\C/C=C\C/C=C\C/C=C\CCCCCCCCCCCCC(=O)OCC(O)COP(=O)(O)OCC(O)COP(=O)(O)OCC(COC(=O)CCCCCCCCC/C=C\C/C=C\C/C=C\C/C=C\C/C=C\CC)OC(=O)CCCCCCCCC/C=C\C/C=C\C/C=C\C/C=C\C/C=C\CC. The molecule has 111 heavy (non-hydrogen) atoms. The number of unbranched alkanes of at least 4 members (excludes halogenated alkanes) is 24. The minimum Gasteiger partial charge on any atom is -0.463 e. The molecule has 630 valence electrons. The summed E-state index contributed by atoms with van der Waals surface area (Å²) in [6.07, 6.45) is 110. The summed E-state index contributed by atoms with van der Waals surface area (Å²) in [7, 11) is -9.82. The minimum atomic E-state index is -4.95. The Labute approximate surface area is 674 Å². The molecule has 16 nitrogen and oxygen atoms in total. The van der Waals surface area contributed by atoms with E-state index < -0.39 is 91.5 Å². The molecular formula is C93H152O16P2. The number of carbonyl (C=O) groups is 3. The number of rotatable bonds is 79. The number of allylic oxidation sites excluding steroid dienone is 32. The van der Waals surface area contributed by atoms with Gasteiger partial charge < -0.3 is 34.2 Å². The number of esters is 3. The van der Waals surface area contributed by atoms with Crippen LogP contribution in [-0.4, -0.2) is 95.9 Å². The van der Waals surface area contributed by atoms with E-state index in [1.807, 2.05) is 0 Å². The zero-order valence-corrected chi connectivity index (χ0v) is 70.8. The molecule has 4 N–H and O–H groups in total. The molecule has 0 aliphatic carbocycles. The molecular weight excluding hydrogens is 1430 g/mol. The highest BCUT2D eigenvalue weighted by Gasteiger charge is 2.29. The average molecular weight is 1590 g/mol. The summed E-state index contributed by atoms with van der Waals surface area (Å²) in [6, 6.07) is 0. The van der Waals surface area contributed by atoms with Crippen molar-refractivity contribution in [2.45, 2.75) is 334 Å². The maximum atomic E-state index is 13.0. The van der Waals surface area contributed by atoms with Crippen molar-refractivity contribution in [1.29, 1.82) is 0 Å². The third kappa shape index (κ3) is 85.1. The first kappa shape index (κ1) is 105. The van der Waals surface area contributed by atoms with Gasteiger partial charge in [-0.05, 0) is 161 Å². The van der Waals surface area contributed by atoms with E-state index in [4.69, 9.17) is 32.3 Å². The lowest BCUT2D eigenvalue weighted by molar-refractivity contribution is -0.161. The molecule has 0 amide bonds.